The number of hydrogen-bond donors (Lipinski definition) is 2. The van der Waals surface area contributed by atoms with Gasteiger partial charge in [-0.15, -0.1) is 0 Å². The molecule has 43 heavy (non-hydrogen) atoms. The van der Waals surface area contributed by atoms with E-state index >= 15 is 0 Å². The molecule has 3 amide bonds. The van der Waals surface area contributed by atoms with Crippen LogP contribution in [0, 0.1) is 31.3 Å². The molecular formula is C32H33F3N6O2. The molecule has 0 unspecified atom stereocenters. The summed E-state index contributed by atoms with van der Waals surface area (Å²) in [6, 6.07) is 12.1. The van der Waals surface area contributed by atoms with E-state index in [4.69, 9.17) is 4.98 Å². The van der Waals surface area contributed by atoms with E-state index < -0.39 is 35.1 Å². The van der Waals surface area contributed by atoms with Crippen LogP contribution in [-0.4, -0.2) is 35.5 Å². The predicted octanol–water partition coefficient (Wildman–Crippen LogP) is 7.27. The number of halogens is 3. The van der Waals surface area contributed by atoms with Crippen molar-refractivity contribution in [3.63, 3.8) is 0 Å². The normalized spacial score (nSPS) is 12.1. The quantitative estimate of drug-likeness (QED) is 0.246. The first-order chi connectivity index (χ1) is 20.6. The van der Waals surface area contributed by atoms with Gasteiger partial charge in [0, 0.05) is 36.0 Å². The minimum absolute atomic E-state index is 0.00482. The molecule has 0 atom stereocenters. The number of anilines is 4. The van der Waals surface area contributed by atoms with Gasteiger partial charge in [0.2, 0.25) is 5.95 Å². The number of fused-ring (bicyclic) bond motifs is 1. The van der Waals surface area contributed by atoms with Crippen molar-refractivity contribution in [3.05, 3.63) is 94.3 Å². The predicted molar refractivity (Wildman–Crippen MR) is 162 cm³/mol. The Bertz CT molecular complexity index is 1670. The van der Waals surface area contributed by atoms with Crippen LogP contribution in [0.15, 0.2) is 54.6 Å². The monoisotopic (exact) mass is 590 g/mol. The molecule has 0 saturated carbocycles. The zero-order valence-electron chi connectivity index (χ0n) is 24.8. The number of hydrogen-bond acceptors (Lipinski definition) is 5. The minimum Gasteiger partial charge on any atom is -0.344 e. The molecular weight excluding hydrogens is 557 g/mol. The average molecular weight is 591 g/mol. The van der Waals surface area contributed by atoms with Crippen molar-refractivity contribution in [2.24, 2.45) is 0 Å². The highest BCUT2D eigenvalue weighted by Gasteiger charge is 2.34. The van der Waals surface area contributed by atoms with Gasteiger partial charge in [0.05, 0.1) is 12.2 Å². The van der Waals surface area contributed by atoms with Crippen LogP contribution in [0.4, 0.5) is 41.1 Å². The standard InChI is InChI=1S/C30H27F3N6O2.C2H6/c1-5-38(4)29-36-25(21-15-34-30(41)39(27(21)37-29)26-22(31)7-6-8-23(26)32)20-14-19(12-10-16(20)2)35-28(40)18-11-9-17(3)24(33)13-18;1-2/h6-14H,5,15H2,1-4H3,(H,34,41)(H,35,40);1-2H3. The van der Waals surface area contributed by atoms with E-state index in [2.05, 4.69) is 15.6 Å². The Labute approximate surface area is 248 Å². The maximum atomic E-state index is 14.9. The van der Waals surface area contributed by atoms with Crippen LogP contribution in [-0.2, 0) is 6.54 Å². The number of aromatic nitrogens is 2. The van der Waals surface area contributed by atoms with Crippen molar-refractivity contribution >= 4 is 35.1 Å². The highest BCUT2D eigenvalue weighted by molar-refractivity contribution is 6.05. The molecule has 8 nitrogen and oxygen atoms in total. The summed E-state index contributed by atoms with van der Waals surface area (Å²) in [5, 5.41) is 5.46. The Morgan fingerprint density at radius 1 is 0.977 bits per heavy atom. The Balaban J connectivity index is 0.00000207. The van der Waals surface area contributed by atoms with Crippen LogP contribution in [0.2, 0.25) is 0 Å². The number of carbonyl (C=O) groups is 2. The second kappa shape index (κ2) is 12.9. The Kier molecular flexibility index (Phi) is 9.33. The van der Waals surface area contributed by atoms with Crippen LogP contribution >= 0.6 is 0 Å². The van der Waals surface area contributed by atoms with E-state index in [1.54, 1.807) is 37.1 Å². The highest BCUT2D eigenvalue weighted by Crippen LogP contribution is 2.40. The summed E-state index contributed by atoms with van der Waals surface area (Å²) in [5.74, 6) is -2.55. The van der Waals surface area contributed by atoms with Crippen LogP contribution in [0.1, 0.15) is 47.8 Å². The summed E-state index contributed by atoms with van der Waals surface area (Å²) in [4.78, 5) is 37.9. The lowest BCUT2D eigenvalue weighted by Crippen LogP contribution is -2.43. The molecule has 0 spiro atoms. The van der Waals surface area contributed by atoms with Crippen molar-refractivity contribution in [2.75, 3.05) is 28.7 Å². The number of para-hydroxylation sites is 1. The number of rotatable bonds is 6. The number of benzene rings is 3. The smallest absolute Gasteiger partial charge is 0.328 e. The molecule has 1 aromatic heterocycles. The topological polar surface area (TPSA) is 90.5 Å². The van der Waals surface area contributed by atoms with Crippen LogP contribution in [0.5, 0.6) is 0 Å². The fraction of sp³-hybridized carbons (Fsp3) is 0.250. The van der Waals surface area contributed by atoms with E-state index in [0.29, 0.717) is 34.6 Å². The SMILES string of the molecule is CC.CCN(C)c1nc(-c2cc(NC(=O)c3ccc(C)c(F)c3)ccc2C)c2c(n1)N(c1c(F)cccc1F)C(=O)NC2. The van der Waals surface area contributed by atoms with Gasteiger partial charge in [0.1, 0.15) is 23.1 Å². The van der Waals surface area contributed by atoms with Gasteiger partial charge in [0.25, 0.3) is 5.91 Å². The molecule has 0 saturated heterocycles. The summed E-state index contributed by atoms with van der Waals surface area (Å²) < 4.78 is 43.9. The average Bonchev–Trinajstić information content (AvgIpc) is 3.00. The van der Waals surface area contributed by atoms with Gasteiger partial charge in [-0.2, -0.15) is 4.98 Å². The van der Waals surface area contributed by atoms with E-state index in [1.807, 2.05) is 27.7 Å². The van der Waals surface area contributed by atoms with Crippen LogP contribution in [0.25, 0.3) is 11.3 Å². The van der Waals surface area contributed by atoms with E-state index in [1.165, 1.54) is 24.3 Å². The molecule has 0 bridgehead atoms. The number of amides is 3. The fourth-order valence-electron chi connectivity index (χ4n) is 4.48. The number of nitrogens with one attached hydrogen (secondary N) is 2. The number of nitrogens with zero attached hydrogens (tertiary/aromatic N) is 4. The third-order valence-corrected chi connectivity index (χ3v) is 6.97. The van der Waals surface area contributed by atoms with Gasteiger partial charge >= 0.3 is 6.03 Å². The molecule has 1 aliphatic heterocycles. The second-order valence-corrected chi connectivity index (χ2v) is 9.70. The summed E-state index contributed by atoms with van der Waals surface area (Å²) in [6.07, 6.45) is 0. The molecule has 5 rings (SSSR count). The van der Waals surface area contributed by atoms with Gasteiger partial charge in [0.15, 0.2) is 5.82 Å². The molecule has 2 N–H and O–H groups in total. The van der Waals surface area contributed by atoms with Gasteiger partial charge in [-0.3, -0.25) is 4.79 Å². The largest absolute Gasteiger partial charge is 0.344 e. The number of urea groups is 1. The lowest BCUT2D eigenvalue weighted by Gasteiger charge is -2.31. The van der Waals surface area contributed by atoms with E-state index in [-0.39, 0.29) is 23.9 Å². The molecule has 1 aliphatic rings. The molecule has 0 fully saturated rings. The summed E-state index contributed by atoms with van der Waals surface area (Å²) >= 11 is 0. The minimum atomic E-state index is -0.924. The first-order valence-corrected chi connectivity index (χ1v) is 13.9. The highest BCUT2D eigenvalue weighted by atomic mass is 19.1. The molecule has 3 aromatic carbocycles. The zero-order valence-corrected chi connectivity index (χ0v) is 24.8. The van der Waals surface area contributed by atoms with Gasteiger partial charge in [-0.05, 0) is 68.3 Å². The Hall–Kier alpha value is -4.93. The molecule has 0 aliphatic carbocycles. The Morgan fingerprint density at radius 2 is 1.65 bits per heavy atom. The van der Waals surface area contributed by atoms with Gasteiger partial charge < -0.3 is 15.5 Å². The first kappa shape index (κ1) is 31.0. The van der Waals surface area contributed by atoms with Crippen molar-refractivity contribution < 1.29 is 22.8 Å². The molecule has 224 valence electrons. The van der Waals surface area contributed by atoms with Crippen LogP contribution in [0.3, 0.4) is 0 Å². The second-order valence-electron chi connectivity index (χ2n) is 9.70. The Morgan fingerprint density at radius 3 is 2.30 bits per heavy atom. The third-order valence-electron chi connectivity index (χ3n) is 6.97. The fourth-order valence-corrected chi connectivity index (χ4v) is 4.48. The van der Waals surface area contributed by atoms with Crippen molar-refractivity contribution in [2.45, 2.75) is 41.2 Å². The van der Waals surface area contributed by atoms with Crippen molar-refractivity contribution in [1.29, 1.82) is 0 Å². The third kappa shape index (κ3) is 6.15. The maximum Gasteiger partial charge on any atom is 0.328 e. The zero-order chi connectivity index (χ0) is 31.4. The lowest BCUT2D eigenvalue weighted by atomic mass is 9.99. The molecule has 11 heteroatoms. The molecule has 2 heterocycles. The first-order valence-electron chi connectivity index (χ1n) is 13.9. The summed E-state index contributed by atoms with van der Waals surface area (Å²) in [7, 11) is 1.76. The van der Waals surface area contributed by atoms with Gasteiger partial charge in [-0.1, -0.05) is 32.0 Å². The van der Waals surface area contributed by atoms with E-state index in [0.717, 1.165) is 22.6 Å². The van der Waals surface area contributed by atoms with Crippen molar-refractivity contribution in [3.8, 4) is 11.3 Å². The summed E-state index contributed by atoms with van der Waals surface area (Å²) in [5.41, 5.74) is 2.71. The molecule has 4 aromatic rings. The molecule has 0 radical (unpaired) electrons. The van der Waals surface area contributed by atoms with Gasteiger partial charge in [-0.25, -0.2) is 27.8 Å². The maximum absolute atomic E-state index is 14.9. The number of carbonyl (C=O) groups excluding carboxylic acids is 2. The van der Waals surface area contributed by atoms with Crippen LogP contribution < -0.4 is 20.4 Å². The van der Waals surface area contributed by atoms with Crippen molar-refractivity contribution in [1.82, 2.24) is 15.3 Å². The summed E-state index contributed by atoms with van der Waals surface area (Å²) in [6.45, 7) is 9.87. The van der Waals surface area contributed by atoms with E-state index in [9.17, 15) is 22.8 Å². The number of aryl methyl sites for hydroxylation is 2. The lowest BCUT2D eigenvalue weighted by molar-refractivity contribution is 0.102.